The van der Waals surface area contributed by atoms with Gasteiger partial charge in [0.15, 0.2) is 17.0 Å². The van der Waals surface area contributed by atoms with Gasteiger partial charge in [0.1, 0.15) is 18.8 Å². The second kappa shape index (κ2) is 3.79. The van der Waals surface area contributed by atoms with Crippen LogP contribution < -0.4 is 5.73 Å². The molecule has 3 heterocycles. The molecule has 1 atom stereocenters. The van der Waals surface area contributed by atoms with Gasteiger partial charge in [0.2, 0.25) is 0 Å². The Bertz CT molecular complexity index is 591. The summed E-state index contributed by atoms with van der Waals surface area (Å²) < 4.78 is 7.15. The molecular formula is C10H11N5O2. The number of fused-ring (bicyclic) bond motifs is 1. The molecule has 17 heavy (non-hydrogen) atoms. The highest BCUT2D eigenvalue weighted by Crippen LogP contribution is 2.22. The Kier molecular flexibility index (Phi) is 2.27. The average Bonchev–Trinajstić information content (AvgIpc) is 2.94. The van der Waals surface area contributed by atoms with Crippen LogP contribution in [0.4, 0.5) is 5.82 Å². The maximum atomic E-state index is 9.00. The van der Waals surface area contributed by atoms with Gasteiger partial charge in [0.25, 0.3) is 0 Å². The minimum absolute atomic E-state index is 0.0345. The number of ether oxygens (including phenoxy) is 1. The van der Waals surface area contributed by atoms with Gasteiger partial charge in [-0.1, -0.05) is 0 Å². The van der Waals surface area contributed by atoms with E-state index in [0.717, 1.165) is 5.70 Å². The number of aliphatic hydroxyl groups is 1. The molecule has 0 fully saturated rings. The zero-order valence-corrected chi connectivity index (χ0v) is 8.95. The van der Waals surface area contributed by atoms with E-state index >= 15 is 0 Å². The number of hydrogen-bond acceptors (Lipinski definition) is 6. The normalized spacial score (nSPS) is 19.8. The van der Waals surface area contributed by atoms with Gasteiger partial charge in [0, 0.05) is 0 Å². The van der Waals surface area contributed by atoms with Crippen LogP contribution in [-0.2, 0) is 4.74 Å². The van der Waals surface area contributed by atoms with Gasteiger partial charge in [-0.3, -0.25) is 4.57 Å². The summed E-state index contributed by atoms with van der Waals surface area (Å²) in [6.45, 7) is 0.383. The molecule has 3 N–H and O–H groups in total. The van der Waals surface area contributed by atoms with Crippen molar-refractivity contribution in [2.45, 2.75) is 6.10 Å². The number of imidazole rings is 1. The van der Waals surface area contributed by atoms with Crippen LogP contribution in [0.15, 0.2) is 18.7 Å². The summed E-state index contributed by atoms with van der Waals surface area (Å²) >= 11 is 0. The lowest BCUT2D eigenvalue weighted by Gasteiger charge is -2.02. The van der Waals surface area contributed by atoms with E-state index in [2.05, 4.69) is 15.0 Å². The lowest BCUT2D eigenvalue weighted by Crippen LogP contribution is -2.08. The second-order valence-corrected chi connectivity index (χ2v) is 3.74. The Balaban J connectivity index is 2.10. The van der Waals surface area contributed by atoms with Crippen LogP contribution in [0.2, 0.25) is 0 Å². The Labute approximate surface area is 96.6 Å². The molecule has 2 aromatic rings. The molecule has 0 radical (unpaired) electrons. The van der Waals surface area contributed by atoms with Crippen molar-refractivity contribution in [2.24, 2.45) is 0 Å². The Morgan fingerprint density at radius 3 is 3.12 bits per heavy atom. The number of nitrogens with zero attached hydrogens (tertiary/aromatic N) is 4. The summed E-state index contributed by atoms with van der Waals surface area (Å²) in [5, 5.41) is 9.00. The minimum Gasteiger partial charge on any atom is -0.393 e. The van der Waals surface area contributed by atoms with Gasteiger partial charge < -0.3 is 15.6 Å². The van der Waals surface area contributed by atoms with E-state index in [0.29, 0.717) is 23.6 Å². The highest BCUT2D eigenvalue weighted by Gasteiger charge is 2.19. The standard InChI is InChI=1S/C10H11N5O2/c11-9-8-10(13-4-12-9)15(5-14-8)6-1-7(2-16)17-3-6/h1,4-5,7,16H,2-3H2,(H2,11,12,13). The van der Waals surface area contributed by atoms with Crippen LogP contribution in [0.1, 0.15) is 0 Å². The molecule has 1 aliphatic heterocycles. The molecule has 0 spiro atoms. The fourth-order valence-corrected chi connectivity index (χ4v) is 1.82. The molecule has 0 bridgehead atoms. The first-order chi connectivity index (χ1) is 8.29. The number of anilines is 1. The summed E-state index contributed by atoms with van der Waals surface area (Å²) in [6, 6.07) is 0. The topological polar surface area (TPSA) is 99.1 Å². The third-order valence-electron chi connectivity index (χ3n) is 2.67. The number of hydrogen-bond donors (Lipinski definition) is 2. The Hall–Kier alpha value is -1.99. The molecule has 0 saturated heterocycles. The first kappa shape index (κ1) is 10.2. The lowest BCUT2D eigenvalue weighted by atomic mass is 10.3. The van der Waals surface area contributed by atoms with Crippen molar-refractivity contribution < 1.29 is 9.84 Å². The van der Waals surface area contributed by atoms with Crippen LogP contribution in [-0.4, -0.2) is 43.9 Å². The number of nitrogens with two attached hydrogens (primary N) is 1. The van der Waals surface area contributed by atoms with E-state index in [-0.39, 0.29) is 12.7 Å². The molecule has 0 aromatic carbocycles. The fraction of sp³-hybridized carbons (Fsp3) is 0.300. The van der Waals surface area contributed by atoms with Gasteiger partial charge >= 0.3 is 0 Å². The minimum atomic E-state index is -0.262. The van der Waals surface area contributed by atoms with E-state index in [1.165, 1.54) is 6.33 Å². The molecule has 1 aliphatic rings. The first-order valence-electron chi connectivity index (χ1n) is 5.16. The monoisotopic (exact) mass is 233 g/mol. The maximum absolute atomic E-state index is 9.00. The van der Waals surface area contributed by atoms with Crippen molar-refractivity contribution in [3.63, 3.8) is 0 Å². The predicted octanol–water partition coefficient (Wildman–Crippen LogP) is -0.360. The van der Waals surface area contributed by atoms with Crippen LogP contribution in [0.3, 0.4) is 0 Å². The zero-order chi connectivity index (χ0) is 11.8. The van der Waals surface area contributed by atoms with Crippen molar-refractivity contribution in [2.75, 3.05) is 18.9 Å². The number of rotatable bonds is 2. The molecule has 3 rings (SSSR count). The number of nitrogen functional groups attached to an aromatic ring is 1. The molecule has 88 valence electrons. The largest absolute Gasteiger partial charge is 0.393 e. The Morgan fingerprint density at radius 2 is 2.35 bits per heavy atom. The van der Waals surface area contributed by atoms with E-state index in [9.17, 15) is 0 Å². The van der Waals surface area contributed by atoms with Crippen LogP contribution in [0.25, 0.3) is 16.9 Å². The lowest BCUT2D eigenvalue weighted by molar-refractivity contribution is 0.0755. The predicted molar refractivity (Wildman–Crippen MR) is 60.8 cm³/mol. The van der Waals surface area contributed by atoms with Gasteiger partial charge in [-0.25, -0.2) is 15.0 Å². The molecule has 7 heteroatoms. The van der Waals surface area contributed by atoms with Crippen LogP contribution >= 0.6 is 0 Å². The van der Waals surface area contributed by atoms with Crippen molar-refractivity contribution in [1.29, 1.82) is 0 Å². The molecule has 0 aliphatic carbocycles. The van der Waals surface area contributed by atoms with E-state index in [1.807, 2.05) is 6.08 Å². The quantitative estimate of drug-likeness (QED) is 0.735. The molecule has 0 amide bonds. The van der Waals surface area contributed by atoms with Gasteiger partial charge in [0.05, 0.1) is 18.9 Å². The van der Waals surface area contributed by atoms with E-state index in [1.54, 1.807) is 10.9 Å². The summed E-state index contributed by atoms with van der Waals surface area (Å²) in [6.07, 6.45) is 4.61. The number of aromatic nitrogens is 4. The third-order valence-corrected chi connectivity index (χ3v) is 2.67. The zero-order valence-electron chi connectivity index (χ0n) is 8.95. The molecular weight excluding hydrogens is 222 g/mol. The van der Waals surface area contributed by atoms with Crippen molar-refractivity contribution in [3.05, 3.63) is 18.7 Å². The van der Waals surface area contributed by atoms with Gasteiger partial charge in [-0.05, 0) is 6.08 Å². The van der Waals surface area contributed by atoms with Crippen LogP contribution in [0.5, 0.6) is 0 Å². The van der Waals surface area contributed by atoms with Crippen molar-refractivity contribution in [1.82, 2.24) is 19.5 Å². The van der Waals surface area contributed by atoms with E-state index < -0.39 is 0 Å². The first-order valence-corrected chi connectivity index (χ1v) is 5.16. The van der Waals surface area contributed by atoms with E-state index in [4.69, 9.17) is 15.6 Å². The molecule has 0 saturated carbocycles. The maximum Gasteiger partial charge on any atom is 0.169 e. The number of aliphatic hydroxyl groups excluding tert-OH is 1. The van der Waals surface area contributed by atoms with Gasteiger partial charge in [-0.15, -0.1) is 0 Å². The van der Waals surface area contributed by atoms with Crippen LogP contribution in [0, 0.1) is 0 Å². The summed E-state index contributed by atoms with van der Waals surface area (Å²) in [4.78, 5) is 12.2. The van der Waals surface area contributed by atoms with Gasteiger partial charge in [-0.2, -0.15) is 0 Å². The highest BCUT2D eigenvalue weighted by atomic mass is 16.5. The second-order valence-electron chi connectivity index (χ2n) is 3.74. The molecule has 7 nitrogen and oxygen atoms in total. The third kappa shape index (κ3) is 1.56. The smallest absolute Gasteiger partial charge is 0.169 e. The molecule has 1 unspecified atom stereocenters. The van der Waals surface area contributed by atoms with Crippen molar-refractivity contribution in [3.8, 4) is 0 Å². The average molecular weight is 233 g/mol. The summed E-state index contributed by atoms with van der Waals surface area (Å²) in [5.74, 6) is 0.354. The summed E-state index contributed by atoms with van der Waals surface area (Å²) in [7, 11) is 0. The SMILES string of the molecule is Nc1ncnc2c1ncn2C1=CC(CO)OC1. The summed E-state index contributed by atoms with van der Waals surface area (Å²) in [5.41, 5.74) is 7.81. The highest BCUT2D eigenvalue weighted by molar-refractivity contribution is 5.83. The fourth-order valence-electron chi connectivity index (χ4n) is 1.82. The molecule has 2 aromatic heterocycles. The van der Waals surface area contributed by atoms with Crippen molar-refractivity contribution >= 4 is 22.7 Å². The Morgan fingerprint density at radius 1 is 1.47 bits per heavy atom.